The quantitative estimate of drug-likeness (QED) is 0.598. The lowest BCUT2D eigenvalue weighted by atomic mass is 10.1. The fourth-order valence-corrected chi connectivity index (χ4v) is 2.98. The van der Waals surface area contributed by atoms with E-state index in [1.165, 1.54) is 0 Å². The van der Waals surface area contributed by atoms with E-state index in [1.54, 1.807) is 18.3 Å². The van der Waals surface area contributed by atoms with Gasteiger partial charge in [0.2, 0.25) is 0 Å². The molecule has 3 aromatic rings. The van der Waals surface area contributed by atoms with Crippen molar-refractivity contribution >= 4 is 23.0 Å². The fourth-order valence-electron chi connectivity index (χ4n) is 2.98. The molecule has 1 aromatic heterocycles. The number of carbonyl (C=O) groups is 1. The minimum absolute atomic E-state index is 0.0608. The van der Waals surface area contributed by atoms with E-state index in [0.717, 1.165) is 17.0 Å². The van der Waals surface area contributed by atoms with Crippen LogP contribution in [0.2, 0.25) is 0 Å². The van der Waals surface area contributed by atoms with E-state index in [9.17, 15) is 4.79 Å². The average molecular weight is 402 g/mol. The highest BCUT2D eigenvalue weighted by atomic mass is 16.5. The summed E-state index contributed by atoms with van der Waals surface area (Å²) in [5.74, 6) is 2.29. The normalized spacial score (nSPS) is 14.7. The third-order valence-corrected chi connectivity index (χ3v) is 4.50. The summed E-state index contributed by atoms with van der Waals surface area (Å²) in [7, 11) is 0. The topological polar surface area (TPSA) is 85.4 Å². The molecule has 2 N–H and O–H groups in total. The summed E-state index contributed by atoms with van der Waals surface area (Å²) < 4.78 is 11.4. The zero-order valence-electron chi connectivity index (χ0n) is 16.4. The molecule has 0 saturated carbocycles. The molecule has 0 aliphatic carbocycles. The standard InChI is InChI=1S/C23H22N4O3/c1-16-17-5-2-7-19(13-17)30-15-22(28)24-10-4-12-29-20-8-3-6-18(14-20)26-21-9-11-25-23(16)27-21/h2-3,5-9,11,13-14H,1,4,10,12,15H2,(H,24,28)(H,25,26,27). The van der Waals surface area contributed by atoms with Crippen LogP contribution in [-0.2, 0) is 4.79 Å². The first-order valence-corrected chi connectivity index (χ1v) is 9.69. The first-order valence-electron chi connectivity index (χ1n) is 9.69. The van der Waals surface area contributed by atoms with Crippen molar-refractivity contribution in [1.82, 2.24) is 15.3 Å². The number of aromatic nitrogens is 2. The van der Waals surface area contributed by atoms with Crippen molar-refractivity contribution in [2.75, 3.05) is 25.1 Å². The summed E-state index contributed by atoms with van der Waals surface area (Å²) >= 11 is 0. The average Bonchev–Trinajstić information content (AvgIpc) is 2.77. The number of benzene rings is 2. The van der Waals surface area contributed by atoms with Gasteiger partial charge in [-0.2, -0.15) is 0 Å². The Balaban J connectivity index is 1.64. The summed E-state index contributed by atoms with van der Waals surface area (Å²) in [6.45, 7) is 5.08. The summed E-state index contributed by atoms with van der Waals surface area (Å²) in [6.07, 6.45) is 2.37. The first kappa shape index (κ1) is 19.4. The Hall–Kier alpha value is -3.87. The van der Waals surface area contributed by atoms with Crippen molar-refractivity contribution in [3.05, 3.63) is 78.8 Å². The second kappa shape index (κ2) is 9.09. The minimum Gasteiger partial charge on any atom is -0.493 e. The number of rotatable bonds is 0. The van der Waals surface area contributed by atoms with Gasteiger partial charge in [0.15, 0.2) is 12.4 Å². The molecule has 1 amide bonds. The maximum absolute atomic E-state index is 12.0. The number of nitrogens with one attached hydrogen (secondary N) is 2. The highest BCUT2D eigenvalue weighted by molar-refractivity contribution is 5.78. The Kier molecular flexibility index (Phi) is 5.89. The molecule has 0 unspecified atom stereocenters. The Labute approximate surface area is 174 Å². The second-order valence-electron chi connectivity index (χ2n) is 6.77. The summed E-state index contributed by atoms with van der Waals surface area (Å²) in [5.41, 5.74) is 2.33. The van der Waals surface area contributed by atoms with Crippen LogP contribution in [0.25, 0.3) is 5.57 Å². The largest absolute Gasteiger partial charge is 0.493 e. The van der Waals surface area contributed by atoms with Gasteiger partial charge in [0.1, 0.15) is 17.3 Å². The monoisotopic (exact) mass is 402 g/mol. The summed E-state index contributed by atoms with van der Waals surface area (Å²) in [6, 6.07) is 16.8. The van der Waals surface area contributed by atoms with E-state index in [1.807, 2.05) is 42.5 Å². The van der Waals surface area contributed by atoms with Gasteiger partial charge in [0.05, 0.1) is 6.61 Å². The van der Waals surface area contributed by atoms with Crippen molar-refractivity contribution in [2.24, 2.45) is 0 Å². The van der Waals surface area contributed by atoms with E-state index >= 15 is 0 Å². The van der Waals surface area contributed by atoms with Crippen LogP contribution in [0.5, 0.6) is 11.5 Å². The Bertz CT molecular complexity index is 1070. The van der Waals surface area contributed by atoms with E-state index < -0.39 is 0 Å². The number of hydrogen-bond acceptors (Lipinski definition) is 6. The molecule has 2 heterocycles. The van der Waals surface area contributed by atoms with Crippen molar-refractivity contribution < 1.29 is 14.3 Å². The molecule has 0 radical (unpaired) electrons. The maximum atomic E-state index is 12.0. The highest BCUT2D eigenvalue weighted by Crippen LogP contribution is 2.25. The molecule has 0 atom stereocenters. The van der Waals surface area contributed by atoms with Crippen molar-refractivity contribution in [3.63, 3.8) is 0 Å². The van der Waals surface area contributed by atoms with Crippen molar-refractivity contribution in [1.29, 1.82) is 0 Å². The Morgan fingerprint density at radius 1 is 1.00 bits per heavy atom. The van der Waals surface area contributed by atoms with Gasteiger partial charge in [0, 0.05) is 30.1 Å². The van der Waals surface area contributed by atoms with Gasteiger partial charge >= 0.3 is 0 Å². The zero-order chi connectivity index (χ0) is 20.8. The molecule has 30 heavy (non-hydrogen) atoms. The molecule has 1 aliphatic heterocycles. The van der Waals surface area contributed by atoms with Crippen LogP contribution < -0.4 is 20.1 Å². The fraction of sp³-hybridized carbons (Fsp3) is 0.174. The van der Waals surface area contributed by atoms with E-state index in [-0.39, 0.29) is 12.5 Å². The van der Waals surface area contributed by atoms with Gasteiger partial charge in [-0.15, -0.1) is 0 Å². The molecular weight excluding hydrogens is 380 g/mol. The third-order valence-electron chi connectivity index (χ3n) is 4.50. The lowest BCUT2D eigenvalue weighted by molar-refractivity contribution is -0.123. The smallest absolute Gasteiger partial charge is 0.257 e. The van der Waals surface area contributed by atoms with Gasteiger partial charge in [0.25, 0.3) is 5.91 Å². The molecular formula is C23H22N4O3. The number of amides is 1. The molecule has 6 bridgehead atoms. The molecule has 4 rings (SSSR count). The lowest BCUT2D eigenvalue weighted by Gasteiger charge is -2.11. The van der Waals surface area contributed by atoms with Gasteiger partial charge < -0.3 is 20.1 Å². The zero-order valence-corrected chi connectivity index (χ0v) is 16.4. The molecule has 7 nitrogen and oxygen atoms in total. The van der Waals surface area contributed by atoms with Crippen LogP contribution in [0.3, 0.4) is 0 Å². The molecule has 0 spiro atoms. The third kappa shape index (κ3) is 4.94. The predicted molar refractivity (Wildman–Crippen MR) is 115 cm³/mol. The van der Waals surface area contributed by atoms with Crippen LogP contribution in [0.1, 0.15) is 17.8 Å². The van der Waals surface area contributed by atoms with E-state index in [4.69, 9.17) is 9.47 Å². The maximum Gasteiger partial charge on any atom is 0.257 e. The number of ether oxygens (including phenoxy) is 2. The molecule has 2 aromatic carbocycles. The van der Waals surface area contributed by atoms with Crippen molar-refractivity contribution in [3.8, 4) is 11.5 Å². The first-order chi connectivity index (χ1) is 14.7. The van der Waals surface area contributed by atoms with Crippen LogP contribution in [0.4, 0.5) is 11.5 Å². The molecule has 1 aliphatic rings. The second-order valence-corrected chi connectivity index (χ2v) is 6.77. The van der Waals surface area contributed by atoms with Crippen LogP contribution in [0.15, 0.2) is 67.4 Å². The Morgan fingerprint density at radius 2 is 1.83 bits per heavy atom. The molecule has 7 heteroatoms. The highest BCUT2D eigenvalue weighted by Gasteiger charge is 2.10. The molecule has 152 valence electrons. The minimum atomic E-state index is -0.181. The van der Waals surface area contributed by atoms with Crippen LogP contribution in [-0.4, -0.2) is 35.6 Å². The number of hydrogen-bond donors (Lipinski definition) is 2. The van der Waals surface area contributed by atoms with Gasteiger partial charge in [-0.05, 0) is 42.3 Å². The SMILES string of the molecule is C=C1c2cccc(c2)OCC(=O)NCCCOc2cccc(c2)Nc2ccnc1n2. The molecule has 0 fully saturated rings. The lowest BCUT2D eigenvalue weighted by Crippen LogP contribution is -2.30. The summed E-state index contributed by atoms with van der Waals surface area (Å²) in [5, 5.41) is 6.11. The van der Waals surface area contributed by atoms with E-state index in [2.05, 4.69) is 27.2 Å². The number of nitrogens with zero attached hydrogens (tertiary/aromatic N) is 2. The van der Waals surface area contributed by atoms with Crippen LogP contribution in [0, 0.1) is 0 Å². The Morgan fingerprint density at radius 3 is 2.73 bits per heavy atom. The molecule has 0 saturated heterocycles. The number of fused-ring (bicyclic) bond motifs is 6. The van der Waals surface area contributed by atoms with Gasteiger partial charge in [-0.3, -0.25) is 4.79 Å². The summed E-state index contributed by atoms with van der Waals surface area (Å²) in [4.78, 5) is 21.0. The number of anilines is 2. The van der Waals surface area contributed by atoms with E-state index in [0.29, 0.717) is 42.5 Å². The van der Waals surface area contributed by atoms with Crippen molar-refractivity contribution in [2.45, 2.75) is 6.42 Å². The number of carbonyl (C=O) groups excluding carboxylic acids is 1. The van der Waals surface area contributed by atoms with Gasteiger partial charge in [-0.1, -0.05) is 24.8 Å². The van der Waals surface area contributed by atoms with Gasteiger partial charge in [-0.25, -0.2) is 9.97 Å². The van der Waals surface area contributed by atoms with Crippen LogP contribution >= 0.6 is 0 Å². The predicted octanol–water partition coefficient (Wildman–Crippen LogP) is 3.56.